The van der Waals surface area contributed by atoms with Gasteiger partial charge in [-0.05, 0) is 36.8 Å². The summed E-state index contributed by atoms with van der Waals surface area (Å²) >= 11 is 1.49. The molecule has 29 heavy (non-hydrogen) atoms. The highest BCUT2D eigenvalue weighted by Crippen LogP contribution is 2.33. The van der Waals surface area contributed by atoms with Gasteiger partial charge >= 0.3 is 0 Å². The van der Waals surface area contributed by atoms with Gasteiger partial charge in [-0.3, -0.25) is 10.1 Å². The van der Waals surface area contributed by atoms with Crippen molar-refractivity contribution in [3.63, 3.8) is 0 Å². The lowest BCUT2D eigenvalue weighted by Crippen LogP contribution is -2.39. The fraction of sp³-hybridized carbons (Fsp3) is 0.333. The molecule has 1 aliphatic heterocycles. The number of sulfonamides is 1. The lowest BCUT2D eigenvalue weighted by atomic mass is 10.00. The maximum Gasteiger partial charge on any atom is 0.270 e. The van der Waals surface area contributed by atoms with Crippen molar-refractivity contribution in [3.8, 4) is 10.8 Å². The molecule has 1 atom stereocenters. The van der Waals surface area contributed by atoms with Crippen molar-refractivity contribution < 1.29 is 17.8 Å². The molecule has 0 N–H and O–H groups in total. The summed E-state index contributed by atoms with van der Waals surface area (Å²) in [6, 6.07) is 7.65. The van der Waals surface area contributed by atoms with Crippen LogP contribution in [0.25, 0.3) is 10.8 Å². The van der Waals surface area contributed by atoms with E-state index in [0.29, 0.717) is 30.3 Å². The summed E-state index contributed by atoms with van der Waals surface area (Å²) in [5.74, 6) is 0.604. The number of nitro groups is 1. The van der Waals surface area contributed by atoms with Crippen LogP contribution in [0.1, 0.15) is 30.2 Å². The van der Waals surface area contributed by atoms with Crippen molar-refractivity contribution in [2.45, 2.75) is 30.6 Å². The summed E-state index contributed by atoms with van der Waals surface area (Å²) in [7, 11) is -3.88. The van der Waals surface area contributed by atoms with Crippen LogP contribution in [0.2, 0.25) is 0 Å². The SMILES string of the molecule is Cc1ccc([N+](=O)[O-])cc1S(=O)(=O)N1CCCC(c2nnc(-c3cccs3)o2)C1. The van der Waals surface area contributed by atoms with Gasteiger partial charge in [0.05, 0.1) is 20.6 Å². The summed E-state index contributed by atoms with van der Waals surface area (Å²) in [6.45, 7) is 2.16. The summed E-state index contributed by atoms with van der Waals surface area (Å²) in [4.78, 5) is 11.3. The molecule has 0 spiro atoms. The number of aryl methyl sites for hydroxylation is 1. The van der Waals surface area contributed by atoms with Crippen LogP contribution in [0.4, 0.5) is 5.69 Å². The second kappa shape index (κ2) is 7.65. The molecular weight excluding hydrogens is 416 g/mol. The molecule has 152 valence electrons. The smallest absolute Gasteiger partial charge is 0.270 e. The fourth-order valence-corrected chi connectivity index (χ4v) is 5.79. The van der Waals surface area contributed by atoms with Crippen LogP contribution < -0.4 is 0 Å². The number of aromatic nitrogens is 2. The average Bonchev–Trinajstić information content (AvgIpc) is 3.40. The van der Waals surface area contributed by atoms with Crippen LogP contribution in [0, 0.1) is 17.0 Å². The summed E-state index contributed by atoms with van der Waals surface area (Å²) in [5, 5.41) is 21.2. The van der Waals surface area contributed by atoms with Gasteiger partial charge in [0.1, 0.15) is 0 Å². The Hall–Kier alpha value is -2.63. The quantitative estimate of drug-likeness (QED) is 0.444. The Labute approximate surface area is 171 Å². The second-order valence-electron chi connectivity index (χ2n) is 6.83. The molecule has 0 aliphatic carbocycles. The van der Waals surface area contributed by atoms with Crippen LogP contribution in [0.15, 0.2) is 45.0 Å². The Morgan fingerprint density at radius 1 is 1.31 bits per heavy atom. The largest absolute Gasteiger partial charge is 0.420 e. The Morgan fingerprint density at radius 3 is 2.86 bits per heavy atom. The molecule has 3 heterocycles. The Bertz CT molecular complexity index is 1140. The molecule has 0 saturated carbocycles. The predicted molar refractivity (Wildman–Crippen MR) is 106 cm³/mol. The van der Waals surface area contributed by atoms with E-state index in [1.165, 1.54) is 27.8 Å². The number of hydrogen-bond acceptors (Lipinski definition) is 8. The van der Waals surface area contributed by atoms with E-state index < -0.39 is 14.9 Å². The Balaban J connectivity index is 1.60. The van der Waals surface area contributed by atoms with Gasteiger partial charge in [0, 0.05) is 25.2 Å². The number of hydrogen-bond donors (Lipinski definition) is 0. The first kappa shape index (κ1) is 19.7. The topological polar surface area (TPSA) is 119 Å². The molecule has 1 aliphatic rings. The minimum absolute atomic E-state index is 0.0443. The Morgan fingerprint density at radius 2 is 2.14 bits per heavy atom. The monoisotopic (exact) mass is 434 g/mol. The van der Waals surface area contributed by atoms with E-state index in [1.54, 1.807) is 6.92 Å². The molecule has 3 aromatic rings. The van der Waals surface area contributed by atoms with Gasteiger partial charge in [-0.25, -0.2) is 8.42 Å². The highest BCUT2D eigenvalue weighted by molar-refractivity contribution is 7.89. The fourth-order valence-electron chi connectivity index (χ4n) is 3.38. The molecule has 2 aromatic heterocycles. The molecule has 11 heteroatoms. The zero-order valence-corrected chi connectivity index (χ0v) is 17.1. The zero-order chi connectivity index (χ0) is 20.6. The van der Waals surface area contributed by atoms with Crippen molar-refractivity contribution in [2.75, 3.05) is 13.1 Å². The first-order valence-corrected chi connectivity index (χ1v) is 11.3. The number of non-ortho nitro benzene ring substituents is 1. The third-order valence-corrected chi connectivity index (χ3v) is 7.77. The van der Waals surface area contributed by atoms with Gasteiger partial charge in [0.15, 0.2) is 0 Å². The summed E-state index contributed by atoms with van der Waals surface area (Å²) < 4.78 is 33.5. The number of rotatable bonds is 5. The molecule has 0 amide bonds. The Kier molecular flexibility index (Phi) is 5.19. The number of nitrogens with zero attached hydrogens (tertiary/aromatic N) is 4. The molecule has 9 nitrogen and oxygen atoms in total. The number of piperidine rings is 1. The molecular formula is C18H18N4O5S2. The maximum atomic E-state index is 13.2. The molecule has 1 aromatic carbocycles. The highest BCUT2D eigenvalue weighted by atomic mass is 32.2. The zero-order valence-electron chi connectivity index (χ0n) is 15.5. The van der Waals surface area contributed by atoms with E-state index in [9.17, 15) is 18.5 Å². The van der Waals surface area contributed by atoms with Gasteiger partial charge in [0.25, 0.3) is 11.6 Å². The van der Waals surface area contributed by atoms with Gasteiger partial charge < -0.3 is 4.42 Å². The van der Waals surface area contributed by atoms with Crippen molar-refractivity contribution in [2.24, 2.45) is 0 Å². The van der Waals surface area contributed by atoms with Crippen molar-refractivity contribution in [3.05, 3.63) is 57.3 Å². The van der Waals surface area contributed by atoms with Crippen molar-refractivity contribution >= 4 is 27.0 Å². The van der Waals surface area contributed by atoms with E-state index in [1.807, 2.05) is 17.5 Å². The molecule has 4 rings (SSSR count). The summed E-state index contributed by atoms with van der Waals surface area (Å²) in [6.07, 6.45) is 1.36. The van der Waals surface area contributed by atoms with Crippen LogP contribution in [0.3, 0.4) is 0 Å². The average molecular weight is 434 g/mol. The van der Waals surface area contributed by atoms with E-state index >= 15 is 0 Å². The van der Waals surface area contributed by atoms with Crippen LogP contribution in [0.5, 0.6) is 0 Å². The van der Waals surface area contributed by atoms with Gasteiger partial charge in [-0.2, -0.15) is 4.31 Å². The van der Waals surface area contributed by atoms with Crippen LogP contribution >= 0.6 is 11.3 Å². The lowest BCUT2D eigenvalue weighted by molar-refractivity contribution is -0.385. The third kappa shape index (κ3) is 3.80. The first-order valence-electron chi connectivity index (χ1n) is 8.99. The summed E-state index contributed by atoms with van der Waals surface area (Å²) in [5.41, 5.74) is 0.218. The standard InChI is InChI=1S/C18H18N4O5S2/c1-12-6-7-14(22(23)24)10-16(12)29(25,26)21-8-2-4-13(11-21)17-19-20-18(27-17)15-5-3-9-28-15/h3,5-7,9-10,13H,2,4,8,11H2,1H3. The van der Waals surface area contributed by atoms with Crippen molar-refractivity contribution in [1.29, 1.82) is 0 Å². The first-order chi connectivity index (χ1) is 13.9. The van der Waals surface area contributed by atoms with Crippen molar-refractivity contribution in [1.82, 2.24) is 14.5 Å². The predicted octanol–water partition coefficient (Wildman–Crippen LogP) is 3.58. The molecule has 1 unspecified atom stereocenters. The normalized spacial score (nSPS) is 18.0. The van der Waals surface area contributed by atoms with Crippen LogP contribution in [-0.4, -0.2) is 40.9 Å². The number of nitro benzene ring substituents is 1. The van der Waals surface area contributed by atoms with E-state index in [4.69, 9.17) is 4.42 Å². The number of thiophene rings is 1. The van der Waals surface area contributed by atoms with E-state index in [0.717, 1.165) is 17.4 Å². The molecule has 1 fully saturated rings. The van der Waals surface area contributed by atoms with E-state index in [-0.39, 0.29) is 23.0 Å². The van der Waals surface area contributed by atoms with Gasteiger partial charge in [-0.1, -0.05) is 12.1 Å². The third-order valence-electron chi connectivity index (χ3n) is 4.91. The second-order valence-corrected chi connectivity index (χ2v) is 9.69. The number of benzene rings is 1. The molecule has 0 radical (unpaired) electrons. The van der Waals surface area contributed by atoms with Crippen LogP contribution in [-0.2, 0) is 10.0 Å². The minimum atomic E-state index is -3.88. The molecule has 0 bridgehead atoms. The van der Waals surface area contributed by atoms with E-state index in [2.05, 4.69) is 10.2 Å². The maximum absolute atomic E-state index is 13.2. The minimum Gasteiger partial charge on any atom is -0.420 e. The van der Waals surface area contributed by atoms with Gasteiger partial charge in [0.2, 0.25) is 15.9 Å². The highest BCUT2D eigenvalue weighted by Gasteiger charge is 2.34. The van der Waals surface area contributed by atoms with Gasteiger partial charge in [-0.15, -0.1) is 21.5 Å². The molecule has 1 saturated heterocycles. The lowest BCUT2D eigenvalue weighted by Gasteiger charge is -2.30.